The Labute approximate surface area is 133 Å². The first kappa shape index (κ1) is 16.2. The van der Waals surface area contributed by atoms with Gasteiger partial charge in [-0.2, -0.15) is 0 Å². The van der Waals surface area contributed by atoms with E-state index in [4.69, 9.17) is 0 Å². The van der Waals surface area contributed by atoms with Gasteiger partial charge >= 0.3 is 0 Å². The Morgan fingerprint density at radius 3 is 2.41 bits per heavy atom. The SMILES string of the molecule is C=C(O)CCCN(c1cccc(C)c1)c1ccc(C)cc1C. The summed E-state index contributed by atoms with van der Waals surface area (Å²) in [4.78, 5) is 2.32. The predicted octanol–water partition coefficient (Wildman–Crippen LogP) is 5.60. The van der Waals surface area contributed by atoms with Gasteiger partial charge in [0.25, 0.3) is 0 Å². The van der Waals surface area contributed by atoms with Crippen LogP contribution < -0.4 is 4.90 Å². The van der Waals surface area contributed by atoms with Crippen molar-refractivity contribution in [2.75, 3.05) is 11.4 Å². The molecule has 2 rings (SSSR count). The van der Waals surface area contributed by atoms with Crippen molar-refractivity contribution in [1.82, 2.24) is 0 Å². The number of rotatable bonds is 6. The molecule has 0 aliphatic heterocycles. The van der Waals surface area contributed by atoms with Crippen LogP contribution in [0.3, 0.4) is 0 Å². The summed E-state index contributed by atoms with van der Waals surface area (Å²) in [5, 5.41) is 9.33. The van der Waals surface area contributed by atoms with Gasteiger partial charge in [0.2, 0.25) is 0 Å². The van der Waals surface area contributed by atoms with Gasteiger partial charge in [0.1, 0.15) is 0 Å². The van der Waals surface area contributed by atoms with Crippen molar-refractivity contribution >= 4 is 11.4 Å². The van der Waals surface area contributed by atoms with Crippen molar-refractivity contribution < 1.29 is 5.11 Å². The molecule has 0 fully saturated rings. The normalized spacial score (nSPS) is 10.5. The number of benzene rings is 2. The molecule has 0 saturated carbocycles. The highest BCUT2D eigenvalue weighted by Crippen LogP contribution is 2.30. The summed E-state index contributed by atoms with van der Waals surface area (Å²) >= 11 is 0. The van der Waals surface area contributed by atoms with E-state index in [2.05, 4.69) is 74.7 Å². The minimum Gasteiger partial charge on any atom is -0.513 e. The van der Waals surface area contributed by atoms with Gasteiger partial charge in [0.05, 0.1) is 5.76 Å². The number of aliphatic hydroxyl groups is 1. The number of aryl methyl sites for hydroxylation is 3. The number of aliphatic hydroxyl groups excluding tert-OH is 1. The topological polar surface area (TPSA) is 23.5 Å². The van der Waals surface area contributed by atoms with E-state index in [0.29, 0.717) is 6.42 Å². The van der Waals surface area contributed by atoms with E-state index in [-0.39, 0.29) is 5.76 Å². The number of allylic oxidation sites excluding steroid dienone is 1. The van der Waals surface area contributed by atoms with Crippen LogP contribution in [-0.2, 0) is 0 Å². The van der Waals surface area contributed by atoms with Crippen LogP contribution in [0.2, 0.25) is 0 Å². The van der Waals surface area contributed by atoms with Gasteiger partial charge in [0.15, 0.2) is 0 Å². The Balaban J connectivity index is 2.34. The van der Waals surface area contributed by atoms with Crippen LogP contribution in [0.4, 0.5) is 11.4 Å². The largest absolute Gasteiger partial charge is 0.513 e. The van der Waals surface area contributed by atoms with Crippen molar-refractivity contribution in [2.24, 2.45) is 0 Å². The summed E-state index contributed by atoms with van der Waals surface area (Å²) in [5.74, 6) is 0.254. The van der Waals surface area contributed by atoms with Crippen LogP contribution in [0.1, 0.15) is 29.5 Å². The Morgan fingerprint density at radius 2 is 1.77 bits per heavy atom. The molecule has 0 atom stereocenters. The number of nitrogens with zero attached hydrogens (tertiary/aromatic N) is 1. The predicted molar refractivity (Wildman–Crippen MR) is 95.1 cm³/mol. The van der Waals surface area contributed by atoms with Gasteiger partial charge in [-0.3, -0.25) is 0 Å². The first-order valence-corrected chi connectivity index (χ1v) is 7.75. The van der Waals surface area contributed by atoms with Gasteiger partial charge in [-0.1, -0.05) is 36.4 Å². The average molecular weight is 295 g/mol. The second-order valence-corrected chi connectivity index (χ2v) is 5.95. The first-order valence-electron chi connectivity index (χ1n) is 7.75. The van der Waals surface area contributed by atoms with Crippen LogP contribution in [0.15, 0.2) is 54.8 Å². The van der Waals surface area contributed by atoms with Gasteiger partial charge in [-0.05, 0) is 56.5 Å². The molecule has 0 aromatic heterocycles. The molecule has 2 heteroatoms. The highest BCUT2D eigenvalue weighted by atomic mass is 16.3. The first-order chi connectivity index (χ1) is 10.5. The fourth-order valence-corrected chi connectivity index (χ4v) is 2.73. The summed E-state index contributed by atoms with van der Waals surface area (Å²) in [5.41, 5.74) is 6.20. The zero-order chi connectivity index (χ0) is 16.1. The van der Waals surface area contributed by atoms with Crippen LogP contribution in [0.25, 0.3) is 0 Å². The molecule has 0 amide bonds. The van der Waals surface area contributed by atoms with Crippen molar-refractivity contribution in [1.29, 1.82) is 0 Å². The fourth-order valence-electron chi connectivity index (χ4n) is 2.73. The molecule has 0 bridgehead atoms. The molecular weight excluding hydrogens is 270 g/mol. The second kappa shape index (κ2) is 7.17. The zero-order valence-electron chi connectivity index (χ0n) is 13.8. The van der Waals surface area contributed by atoms with E-state index < -0.39 is 0 Å². The molecule has 0 saturated heterocycles. The van der Waals surface area contributed by atoms with Gasteiger partial charge in [-0.25, -0.2) is 0 Å². The van der Waals surface area contributed by atoms with Crippen LogP contribution in [0.5, 0.6) is 0 Å². The Bertz CT molecular complexity index is 661. The lowest BCUT2D eigenvalue weighted by Crippen LogP contribution is -2.19. The lowest BCUT2D eigenvalue weighted by atomic mass is 10.1. The molecule has 2 aromatic carbocycles. The third kappa shape index (κ3) is 4.14. The maximum atomic E-state index is 9.33. The van der Waals surface area contributed by atoms with Crippen molar-refractivity contribution in [3.05, 3.63) is 71.5 Å². The van der Waals surface area contributed by atoms with Crippen molar-refractivity contribution in [3.63, 3.8) is 0 Å². The third-order valence-corrected chi connectivity index (χ3v) is 3.80. The number of anilines is 2. The van der Waals surface area contributed by atoms with Crippen LogP contribution in [-0.4, -0.2) is 11.7 Å². The maximum absolute atomic E-state index is 9.33. The minimum absolute atomic E-state index is 0.254. The standard InChI is InChI=1S/C20H25NO/c1-15-7-5-9-19(14-15)21(12-6-8-18(4)22)20-11-10-16(2)13-17(20)3/h5,7,9-11,13-14,22H,4,6,8,12H2,1-3H3. The lowest BCUT2D eigenvalue weighted by molar-refractivity contribution is 0.387. The zero-order valence-corrected chi connectivity index (χ0v) is 13.8. The highest BCUT2D eigenvalue weighted by molar-refractivity contribution is 5.67. The summed E-state index contributed by atoms with van der Waals surface area (Å²) < 4.78 is 0. The van der Waals surface area contributed by atoms with Gasteiger partial charge < -0.3 is 10.0 Å². The van der Waals surface area contributed by atoms with Gasteiger partial charge in [0, 0.05) is 24.3 Å². The fraction of sp³-hybridized carbons (Fsp3) is 0.300. The summed E-state index contributed by atoms with van der Waals surface area (Å²) in [7, 11) is 0. The summed E-state index contributed by atoms with van der Waals surface area (Å²) in [6, 6.07) is 15.1. The highest BCUT2D eigenvalue weighted by Gasteiger charge is 2.12. The molecule has 1 N–H and O–H groups in total. The monoisotopic (exact) mass is 295 g/mol. The smallest absolute Gasteiger partial charge is 0.0851 e. The maximum Gasteiger partial charge on any atom is 0.0851 e. The van der Waals surface area contributed by atoms with Crippen molar-refractivity contribution in [3.8, 4) is 0 Å². The molecule has 0 heterocycles. The van der Waals surface area contributed by atoms with E-state index in [1.165, 1.54) is 28.1 Å². The molecule has 0 radical (unpaired) electrons. The van der Waals surface area contributed by atoms with E-state index in [0.717, 1.165) is 13.0 Å². The molecule has 116 valence electrons. The minimum atomic E-state index is 0.254. The molecule has 0 unspecified atom stereocenters. The summed E-state index contributed by atoms with van der Waals surface area (Å²) in [6.45, 7) is 10.8. The number of hydrogen-bond acceptors (Lipinski definition) is 2. The van der Waals surface area contributed by atoms with Crippen molar-refractivity contribution in [2.45, 2.75) is 33.6 Å². The van der Waals surface area contributed by atoms with E-state index in [9.17, 15) is 5.11 Å². The second-order valence-electron chi connectivity index (χ2n) is 5.95. The van der Waals surface area contributed by atoms with Crippen LogP contribution >= 0.6 is 0 Å². The molecular formula is C20H25NO. The molecule has 0 aliphatic rings. The average Bonchev–Trinajstić information content (AvgIpc) is 2.44. The Hall–Kier alpha value is -2.22. The van der Waals surface area contributed by atoms with E-state index >= 15 is 0 Å². The molecule has 0 aliphatic carbocycles. The van der Waals surface area contributed by atoms with Gasteiger partial charge in [-0.15, -0.1) is 0 Å². The third-order valence-electron chi connectivity index (χ3n) is 3.80. The molecule has 2 nitrogen and oxygen atoms in total. The Morgan fingerprint density at radius 1 is 1.05 bits per heavy atom. The van der Waals surface area contributed by atoms with E-state index in [1.54, 1.807) is 0 Å². The Kier molecular flexibility index (Phi) is 5.26. The quantitative estimate of drug-likeness (QED) is 0.701. The lowest BCUT2D eigenvalue weighted by Gasteiger charge is -2.27. The summed E-state index contributed by atoms with van der Waals surface area (Å²) in [6.07, 6.45) is 1.50. The molecule has 2 aromatic rings. The molecule has 22 heavy (non-hydrogen) atoms. The van der Waals surface area contributed by atoms with Crippen LogP contribution in [0, 0.1) is 20.8 Å². The number of hydrogen-bond donors (Lipinski definition) is 1. The molecule has 0 spiro atoms. The van der Waals surface area contributed by atoms with E-state index in [1.807, 2.05) is 0 Å².